The van der Waals surface area contributed by atoms with Crippen molar-refractivity contribution in [2.45, 2.75) is 16.7 Å². The maximum atomic E-state index is 12.3. The Balaban J connectivity index is 1.95. The second-order valence-corrected chi connectivity index (χ2v) is 8.46. The molecule has 8 heteroatoms. The topological polar surface area (TPSA) is 97.7 Å². The van der Waals surface area contributed by atoms with Crippen molar-refractivity contribution >= 4 is 31.0 Å². The zero-order valence-electron chi connectivity index (χ0n) is 13.1. The van der Waals surface area contributed by atoms with E-state index in [1.165, 1.54) is 48.5 Å². The van der Waals surface area contributed by atoms with E-state index in [0.29, 0.717) is 10.8 Å². The van der Waals surface area contributed by atoms with Crippen molar-refractivity contribution in [3.63, 3.8) is 0 Å². The van der Waals surface area contributed by atoms with Gasteiger partial charge in [-0.2, -0.15) is 16.8 Å². The number of hydrogen-bond acceptors (Lipinski definition) is 5. The molecular weight excluding hydrogens is 364 g/mol. The third-order valence-corrected chi connectivity index (χ3v) is 5.71. The standard InChI is InChI=1S/C17H14O6S2/c1-12-2-7-16(8-3-12)25(21,22)23-15-6-4-14-11-17(24(18,19)20)9-5-13(14)10-15/h2-11H,1H3,(H,18,19,20). The summed E-state index contributed by atoms with van der Waals surface area (Å²) in [4.78, 5) is -0.194. The predicted octanol–water partition coefficient (Wildman–Crippen LogP) is 3.16. The Morgan fingerprint density at radius 3 is 1.96 bits per heavy atom. The van der Waals surface area contributed by atoms with E-state index in [9.17, 15) is 16.8 Å². The van der Waals surface area contributed by atoms with Crippen LogP contribution in [0.2, 0.25) is 0 Å². The van der Waals surface area contributed by atoms with Crippen molar-refractivity contribution in [3.05, 3.63) is 66.2 Å². The lowest BCUT2D eigenvalue weighted by molar-refractivity contribution is 0.482. The van der Waals surface area contributed by atoms with E-state index < -0.39 is 20.2 Å². The molecule has 0 aliphatic carbocycles. The summed E-state index contributed by atoms with van der Waals surface area (Å²) < 4.78 is 61.1. The lowest BCUT2D eigenvalue weighted by atomic mass is 10.1. The van der Waals surface area contributed by atoms with Crippen LogP contribution in [0.5, 0.6) is 5.75 Å². The van der Waals surface area contributed by atoms with Crippen LogP contribution in [0.3, 0.4) is 0 Å². The number of benzene rings is 3. The minimum Gasteiger partial charge on any atom is -0.379 e. The van der Waals surface area contributed by atoms with Crippen molar-refractivity contribution in [2.24, 2.45) is 0 Å². The summed E-state index contributed by atoms with van der Waals surface area (Å²) in [6.45, 7) is 1.85. The molecule has 0 amide bonds. The molecule has 0 spiro atoms. The lowest BCUT2D eigenvalue weighted by Crippen LogP contribution is -2.09. The van der Waals surface area contributed by atoms with Gasteiger partial charge in [0.05, 0.1) is 4.90 Å². The molecule has 3 aromatic rings. The molecule has 3 rings (SSSR count). The van der Waals surface area contributed by atoms with Gasteiger partial charge in [-0.1, -0.05) is 29.8 Å². The Bertz CT molecular complexity index is 1150. The van der Waals surface area contributed by atoms with E-state index in [1.54, 1.807) is 12.1 Å². The van der Waals surface area contributed by atoms with Crippen LogP contribution < -0.4 is 4.18 Å². The molecule has 25 heavy (non-hydrogen) atoms. The fourth-order valence-electron chi connectivity index (χ4n) is 2.29. The highest BCUT2D eigenvalue weighted by atomic mass is 32.2. The SMILES string of the molecule is Cc1ccc(S(=O)(=O)Oc2ccc3cc(S(=O)(=O)O)ccc3c2)cc1. The minimum absolute atomic E-state index is 0.0416. The number of rotatable bonds is 4. The first-order valence-electron chi connectivity index (χ1n) is 7.18. The Morgan fingerprint density at radius 1 is 0.760 bits per heavy atom. The second kappa shape index (κ2) is 6.14. The van der Waals surface area contributed by atoms with E-state index in [4.69, 9.17) is 8.74 Å². The molecule has 130 valence electrons. The molecule has 0 heterocycles. The molecule has 1 N–H and O–H groups in total. The van der Waals surface area contributed by atoms with E-state index >= 15 is 0 Å². The molecule has 0 aromatic heterocycles. The highest BCUT2D eigenvalue weighted by Crippen LogP contribution is 2.26. The normalized spacial score (nSPS) is 12.2. The maximum absolute atomic E-state index is 12.3. The third-order valence-electron chi connectivity index (χ3n) is 3.60. The summed E-state index contributed by atoms with van der Waals surface area (Å²) in [5.41, 5.74) is 0.930. The highest BCUT2D eigenvalue weighted by Gasteiger charge is 2.17. The summed E-state index contributed by atoms with van der Waals surface area (Å²) in [5, 5.41) is 1.10. The average Bonchev–Trinajstić information content (AvgIpc) is 2.53. The maximum Gasteiger partial charge on any atom is 0.339 e. The lowest BCUT2D eigenvalue weighted by Gasteiger charge is -2.08. The van der Waals surface area contributed by atoms with Crippen molar-refractivity contribution in [2.75, 3.05) is 0 Å². The van der Waals surface area contributed by atoms with Crippen molar-refractivity contribution < 1.29 is 25.6 Å². The molecular formula is C17H14O6S2. The van der Waals surface area contributed by atoms with E-state index in [-0.39, 0.29) is 15.5 Å². The Morgan fingerprint density at radius 2 is 1.32 bits per heavy atom. The fourth-order valence-corrected chi connectivity index (χ4v) is 3.73. The number of fused-ring (bicyclic) bond motifs is 1. The van der Waals surface area contributed by atoms with Crippen LogP contribution in [0.25, 0.3) is 10.8 Å². The number of aryl methyl sites for hydroxylation is 1. The third kappa shape index (κ3) is 3.81. The summed E-state index contributed by atoms with van der Waals surface area (Å²) in [6.07, 6.45) is 0. The van der Waals surface area contributed by atoms with E-state index in [2.05, 4.69) is 0 Å². The summed E-state index contributed by atoms with van der Waals surface area (Å²) in [6, 6.07) is 14.7. The van der Waals surface area contributed by atoms with Gasteiger partial charge in [0.25, 0.3) is 10.1 Å². The highest BCUT2D eigenvalue weighted by molar-refractivity contribution is 7.87. The van der Waals surface area contributed by atoms with Crippen LogP contribution in [0.1, 0.15) is 5.56 Å². The molecule has 3 aromatic carbocycles. The zero-order chi connectivity index (χ0) is 18.2. The van der Waals surface area contributed by atoms with Crippen LogP contribution in [-0.4, -0.2) is 21.4 Å². The molecule has 0 atom stereocenters. The summed E-state index contributed by atoms with van der Waals surface area (Å²) in [5.74, 6) is 0.104. The van der Waals surface area contributed by atoms with E-state index in [0.717, 1.165) is 5.56 Å². The van der Waals surface area contributed by atoms with Crippen LogP contribution in [-0.2, 0) is 20.2 Å². The molecule has 0 saturated heterocycles. The summed E-state index contributed by atoms with van der Waals surface area (Å²) >= 11 is 0. The largest absolute Gasteiger partial charge is 0.379 e. The van der Waals surface area contributed by atoms with Gasteiger partial charge in [-0.05, 0) is 54.1 Å². The Kier molecular flexibility index (Phi) is 4.28. The van der Waals surface area contributed by atoms with Gasteiger partial charge in [0.15, 0.2) is 0 Å². The van der Waals surface area contributed by atoms with Gasteiger partial charge in [-0.25, -0.2) is 0 Å². The molecule has 0 aliphatic heterocycles. The molecule has 0 radical (unpaired) electrons. The van der Waals surface area contributed by atoms with Crippen LogP contribution in [0.4, 0.5) is 0 Å². The first-order valence-corrected chi connectivity index (χ1v) is 10.0. The number of hydrogen-bond donors (Lipinski definition) is 1. The smallest absolute Gasteiger partial charge is 0.339 e. The zero-order valence-corrected chi connectivity index (χ0v) is 14.7. The van der Waals surface area contributed by atoms with Crippen molar-refractivity contribution in [1.82, 2.24) is 0 Å². The molecule has 0 unspecified atom stereocenters. The van der Waals surface area contributed by atoms with Gasteiger partial charge in [-0.3, -0.25) is 4.55 Å². The van der Waals surface area contributed by atoms with Gasteiger partial charge in [0, 0.05) is 0 Å². The molecule has 0 aliphatic rings. The van der Waals surface area contributed by atoms with Gasteiger partial charge in [0.1, 0.15) is 10.6 Å². The van der Waals surface area contributed by atoms with E-state index in [1.807, 2.05) is 6.92 Å². The van der Waals surface area contributed by atoms with Gasteiger partial charge in [0.2, 0.25) is 0 Å². The van der Waals surface area contributed by atoms with Gasteiger partial charge in [-0.15, -0.1) is 0 Å². The van der Waals surface area contributed by atoms with Crippen LogP contribution >= 0.6 is 0 Å². The average molecular weight is 378 g/mol. The molecule has 0 bridgehead atoms. The Labute approximate surface area is 145 Å². The Hall–Kier alpha value is -2.42. The van der Waals surface area contributed by atoms with Crippen LogP contribution in [0, 0.1) is 6.92 Å². The van der Waals surface area contributed by atoms with Crippen molar-refractivity contribution in [1.29, 1.82) is 0 Å². The minimum atomic E-state index is -4.30. The molecule has 0 fully saturated rings. The van der Waals surface area contributed by atoms with Crippen molar-refractivity contribution in [3.8, 4) is 5.75 Å². The monoisotopic (exact) mass is 378 g/mol. The molecule has 0 saturated carbocycles. The van der Waals surface area contributed by atoms with Gasteiger partial charge >= 0.3 is 10.1 Å². The summed E-state index contributed by atoms with van der Waals surface area (Å²) in [7, 11) is -8.27. The fraction of sp³-hybridized carbons (Fsp3) is 0.0588. The van der Waals surface area contributed by atoms with Crippen LogP contribution in [0.15, 0.2) is 70.5 Å². The molecule has 6 nitrogen and oxygen atoms in total. The van der Waals surface area contributed by atoms with Gasteiger partial charge < -0.3 is 4.18 Å². The first kappa shape index (κ1) is 17.4. The predicted molar refractivity (Wildman–Crippen MR) is 92.8 cm³/mol. The second-order valence-electron chi connectivity index (χ2n) is 5.50. The first-order chi connectivity index (χ1) is 11.6. The quantitative estimate of drug-likeness (QED) is 0.553.